The average molecular weight is 578 g/mol. The van der Waals surface area contributed by atoms with Crippen molar-refractivity contribution in [3.63, 3.8) is 0 Å². The molecule has 4 aromatic rings. The van der Waals surface area contributed by atoms with E-state index in [2.05, 4.69) is 15.1 Å². The highest BCUT2D eigenvalue weighted by Gasteiger charge is 2.46. The Balaban J connectivity index is 1.17. The molecule has 1 unspecified atom stereocenters. The van der Waals surface area contributed by atoms with Crippen molar-refractivity contribution in [3.05, 3.63) is 76.3 Å². The van der Waals surface area contributed by atoms with E-state index in [1.54, 1.807) is 29.2 Å². The fourth-order valence-corrected chi connectivity index (χ4v) is 5.01. The van der Waals surface area contributed by atoms with Crippen LogP contribution in [0.2, 0.25) is 0 Å². The monoisotopic (exact) mass is 577 g/mol. The van der Waals surface area contributed by atoms with E-state index < -0.39 is 30.7 Å². The lowest BCUT2D eigenvalue weighted by molar-refractivity contribution is -0.274. The number of halogens is 5. The molecule has 2 aliphatic rings. The molecule has 0 bridgehead atoms. The number of H-pyrrole nitrogens is 1. The Morgan fingerprint density at radius 1 is 1.07 bits per heavy atom. The molecule has 1 aliphatic heterocycles. The van der Waals surface area contributed by atoms with Crippen LogP contribution in [0.25, 0.3) is 22.6 Å². The number of aromatic amines is 1. The fraction of sp³-hybridized carbons (Fsp3) is 0.357. The molecular formula is C28H24F5N3O5. The number of nitrogens with one attached hydrogen (secondary N) is 1. The van der Waals surface area contributed by atoms with E-state index in [-0.39, 0.29) is 42.3 Å². The molecule has 216 valence electrons. The van der Waals surface area contributed by atoms with Gasteiger partial charge in [-0.25, -0.2) is 8.78 Å². The molecule has 1 N–H and O–H groups in total. The van der Waals surface area contributed by atoms with E-state index in [1.807, 2.05) is 0 Å². The first-order valence-electron chi connectivity index (χ1n) is 12.9. The zero-order valence-corrected chi connectivity index (χ0v) is 21.4. The Bertz CT molecular complexity index is 1570. The molecule has 2 fully saturated rings. The Morgan fingerprint density at radius 2 is 1.83 bits per heavy atom. The van der Waals surface area contributed by atoms with Crippen molar-refractivity contribution >= 4 is 5.69 Å². The van der Waals surface area contributed by atoms with Gasteiger partial charge in [-0.15, -0.1) is 13.2 Å². The van der Waals surface area contributed by atoms with Crippen molar-refractivity contribution in [2.24, 2.45) is 0 Å². The van der Waals surface area contributed by atoms with Crippen LogP contribution in [0, 0.1) is 0 Å². The van der Waals surface area contributed by atoms with Crippen LogP contribution in [0.5, 0.6) is 5.75 Å². The first-order chi connectivity index (χ1) is 19.6. The van der Waals surface area contributed by atoms with E-state index in [1.165, 1.54) is 24.3 Å². The highest BCUT2D eigenvalue weighted by Crippen LogP contribution is 2.46. The molecule has 41 heavy (non-hydrogen) atoms. The van der Waals surface area contributed by atoms with Gasteiger partial charge >= 0.3 is 6.36 Å². The van der Waals surface area contributed by atoms with Gasteiger partial charge in [0.2, 0.25) is 0 Å². The normalized spacial score (nSPS) is 19.0. The summed E-state index contributed by atoms with van der Waals surface area (Å²) in [6.07, 6.45) is -4.75. The maximum atomic E-state index is 15.3. The van der Waals surface area contributed by atoms with Gasteiger partial charge in [0.25, 0.3) is 11.5 Å². The number of rotatable bonds is 8. The third-order valence-corrected chi connectivity index (χ3v) is 7.14. The van der Waals surface area contributed by atoms with Gasteiger partial charge in [0.1, 0.15) is 23.3 Å². The summed E-state index contributed by atoms with van der Waals surface area (Å²) >= 11 is 0. The van der Waals surface area contributed by atoms with Crippen LogP contribution in [0.3, 0.4) is 0 Å². The Morgan fingerprint density at radius 3 is 2.49 bits per heavy atom. The van der Waals surface area contributed by atoms with Gasteiger partial charge in [-0.1, -0.05) is 17.3 Å². The summed E-state index contributed by atoms with van der Waals surface area (Å²) in [7, 11) is 0. The Hall–Kier alpha value is -4.13. The second-order valence-electron chi connectivity index (χ2n) is 10.1. The number of anilines is 1. The summed E-state index contributed by atoms with van der Waals surface area (Å²) in [5, 5.41) is 6.20. The highest BCUT2D eigenvalue weighted by molar-refractivity contribution is 5.70. The summed E-state index contributed by atoms with van der Waals surface area (Å²) in [5.41, 5.74) is 1.26. The van der Waals surface area contributed by atoms with Crippen LogP contribution in [0.15, 0.2) is 68.4 Å². The molecule has 1 atom stereocenters. The van der Waals surface area contributed by atoms with Crippen LogP contribution in [-0.4, -0.2) is 41.8 Å². The summed E-state index contributed by atoms with van der Waals surface area (Å²) in [5.74, 6) is -2.92. The summed E-state index contributed by atoms with van der Waals surface area (Å²) in [6.45, 7) is -0.612. The molecule has 1 saturated carbocycles. The molecule has 0 spiro atoms. The molecule has 1 aliphatic carbocycles. The second-order valence-corrected chi connectivity index (χ2v) is 10.1. The van der Waals surface area contributed by atoms with Crippen molar-refractivity contribution in [1.29, 1.82) is 0 Å². The van der Waals surface area contributed by atoms with Crippen molar-refractivity contribution < 1.29 is 40.5 Å². The number of nitrogens with zero attached hydrogens (tertiary/aromatic N) is 2. The quantitative estimate of drug-likeness (QED) is 0.239. The maximum absolute atomic E-state index is 15.3. The number of hydrogen-bond acceptors (Lipinski definition) is 7. The molecule has 2 aromatic carbocycles. The summed E-state index contributed by atoms with van der Waals surface area (Å²) in [6, 6.07) is 13.5. The Labute approximate surface area is 229 Å². The number of piperidine rings is 1. The zero-order chi connectivity index (χ0) is 28.8. The number of alkyl halides is 5. The van der Waals surface area contributed by atoms with Gasteiger partial charge in [0.15, 0.2) is 5.76 Å². The number of benzene rings is 2. The van der Waals surface area contributed by atoms with Gasteiger partial charge in [-0.05, 0) is 55.7 Å². The fourth-order valence-electron chi connectivity index (χ4n) is 5.01. The van der Waals surface area contributed by atoms with E-state index in [9.17, 15) is 18.0 Å². The van der Waals surface area contributed by atoms with Crippen molar-refractivity contribution in [2.45, 2.75) is 50.2 Å². The van der Waals surface area contributed by atoms with Gasteiger partial charge in [-0.2, -0.15) is 5.16 Å². The van der Waals surface area contributed by atoms with Crippen LogP contribution in [0.1, 0.15) is 36.5 Å². The van der Waals surface area contributed by atoms with Crippen LogP contribution in [-0.2, 0) is 11.3 Å². The minimum atomic E-state index is -4.93. The maximum Gasteiger partial charge on any atom is 0.573 e. The summed E-state index contributed by atoms with van der Waals surface area (Å²) in [4.78, 5) is 12.9. The molecule has 0 amide bonds. The van der Waals surface area contributed by atoms with Crippen LogP contribution < -0.4 is 15.2 Å². The summed E-state index contributed by atoms with van der Waals surface area (Å²) < 4.78 is 90.2. The van der Waals surface area contributed by atoms with Crippen molar-refractivity contribution in [2.75, 3.05) is 18.0 Å². The molecule has 0 radical (unpaired) electrons. The van der Waals surface area contributed by atoms with E-state index in [0.717, 1.165) is 18.9 Å². The molecule has 3 heterocycles. The molecular weight excluding hydrogens is 553 g/mol. The first-order valence-corrected chi connectivity index (χ1v) is 12.9. The topological polar surface area (TPSA) is 93.7 Å². The highest BCUT2D eigenvalue weighted by atomic mass is 19.4. The minimum Gasteiger partial charge on any atom is -0.405 e. The molecule has 13 heteroatoms. The Kier molecular flexibility index (Phi) is 6.84. The van der Waals surface area contributed by atoms with Crippen LogP contribution in [0.4, 0.5) is 27.6 Å². The number of aromatic nitrogens is 2. The molecule has 6 rings (SSSR count). The van der Waals surface area contributed by atoms with Gasteiger partial charge in [-0.3, -0.25) is 4.79 Å². The van der Waals surface area contributed by atoms with E-state index in [4.69, 9.17) is 13.8 Å². The van der Waals surface area contributed by atoms with E-state index in [0.29, 0.717) is 28.3 Å². The van der Waals surface area contributed by atoms with Gasteiger partial charge < -0.3 is 23.4 Å². The third-order valence-electron chi connectivity index (χ3n) is 7.14. The largest absolute Gasteiger partial charge is 0.573 e. The first kappa shape index (κ1) is 27.1. The number of hydrogen-bond donors (Lipinski definition) is 1. The standard InChI is InChI=1S/C28H24F5N3O5/c29-27(30)15-36(18-9-7-16(8-10-18)22-13-24(37)34-40-22)12-11-23(27)38-14-20-25(35-41-26(20)17-5-6-17)19-3-1-2-4-21(19)39-28(31,32)33/h1-4,7-10,13,17,23H,5-6,11-12,14-15H2,(H,34,37). The number of para-hydroxylation sites is 1. The lowest BCUT2D eigenvalue weighted by atomic mass is 10.0. The van der Waals surface area contributed by atoms with Gasteiger partial charge in [0.05, 0.1) is 19.2 Å². The molecule has 8 nitrogen and oxygen atoms in total. The lowest BCUT2D eigenvalue weighted by Crippen LogP contribution is -2.52. The molecule has 1 saturated heterocycles. The SMILES string of the molecule is O=c1cc(-c2ccc(N3CCC(OCc4c(-c5ccccc5OC(F)(F)F)noc4C4CC4)C(F)(F)C3)cc2)o[nH]1. The minimum absolute atomic E-state index is 0.00852. The predicted molar refractivity (Wildman–Crippen MR) is 136 cm³/mol. The third kappa shape index (κ3) is 5.85. The van der Waals surface area contributed by atoms with Crippen LogP contribution >= 0.6 is 0 Å². The average Bonchev–Trinajstić information content (AvgIpc) is 3.54. The lowest BCUT2D eigenvalue weighted by Gasteiger charge is -2.39. The van der Waals surface area contributed by atoms with Crippen molar-refractivity contribution in [1.82, 2.24) is 10.3 Å². The number of ether oxygens (including phenoxy) is 2. The molecule has 2 aromatic heterocycles. The van der Waals surface area contributed by atoms with Crippen molar-refractivity contribution in [3.8, 4) is 28.3 Å². The zero-order valence-electron chi connectivity index (χ0n) is 21.4. The van der Waals surface area contributed by atoms with Gasteiger partial charge in [0, 0.05) is 34.8 Å². The second kappa shape index (κ2) is 10.4. The predicted octanol–water partition coefficient (Wildman–Crippen LogP) is 6.50. The smallest absolute Gasteiger partial charge is 0.405 e. The van der Waals surface area contributed by atoms with E-state index >= 15 is 8.78 Å².